The molecule has 0 atom stereocenters. The molecule has 0 unspecified atom stereocenters. The lowest BCUT2D eigenvalue weighted by molar-refractivity contribution is 0.151. The number of rotatable bonds is 2. The molecule has 4 heteroatoms. The van der Waals surface area contributed by atoms with Gasteiger partial charge in [-0.05, 0) is 12.1 Å². The third-order valence-electron chi connectivity index (χ3n) is 1.35. The lowest BCUT2D eigenvalue weighted by Gasteiger charge is -2.02. The first-order valence-corrected chi connectivity index (χ1v) is 3.59. The molecule has 0 fully saturated rings. The summed E-state index contributed by atoms with van der Waals surface area (Å²) in [5.74, 6) is 0. The molecule has 12 heavy (non-hydrogen) atoms. The number of halogens is 3. The van der Waals surface area contributed by atoms with Crippen LogP contribution in [0.5, 0.6) is 0 Å². The quantitative estimate of drug-likeness (QED) is 0.696. The zero-order chi connectivity index (χ0) is 9.14. The van der Waals surface area contributed by atoms with Gasteiger partial charge in [0.05, 0.1) is 10.7 Å². The smallest absolute Gasteiger partial charge is 0.255 e. The normalized spacial score (nSPS) is 10.3. The Morgan fingerprint density at radius 2 is 2.25 bits per heavy atom. The van der Waals surface area contributed by atoms with Crippen molar-refractivity contribution in [3.05, 3.63) is 35.1 Å². The second-order valence-electron chi connectivity index (χ2n) is 2.14. The van der Waals surface area contributed by atoms with E-state index in [2.05, 4.69) is 11.6 Å². The molecule has 1 aromatic rings. The Balaban J connectivity index is 3.16. The molecule has 0 aromatic carbocycles. The molecule has 1 heterocycles. The summed E-state index contributed by atoms with van der Waals surface area (Å²) in [5, 5.41) is -0.0180. The maximum Gasteiger partial charge on any atom is 0.265 e. The predicted molar refractivity (Wildman–Crippen MR) is 44.3 cm³/mol. The van der Waals surface area contributed by atoms with Crippen LogP contribution < -0.4 is 0 Å². The molecule has 0 bridgehead atoms. The largest absolute Gasteiger partial charge is 0.265 e. The zero-order valence-corrected chi connectivity index (χ0v) is 6.85. The van der Waals surface area contributed by atoms with Crippen LogP contribution in [0.3, 0.4) is 0 Å². The van der Waals surface area contributed by atoms with Gasteiger partial charge in [-0.15, -0.1) is 0 Å². The van der Waals surface area contributed by atoms with Crippen LogP contribution in [-0.4, -0.2) is 4.98 Å². The molecule has 0 spiro atoms. The van der Waals surface area contributed by atoms with Crippen molar-refractivity contribution in [2.75, 3.05) is 0 Å². The highest BCUT2D eigenvalue weighted by molar-refractivity contribution is 6.31. The van der Waals surface area contributed by atoms with Crippen molar-refractivity contribution >= 4 is 17.7 Å². The van der Waals surface area contributed by atoms with Crippen molar-refractivity contribution in [2.45, 2.75) is 6.43 Å². The third kappa shape index (κ3) is 1.80. The van der Waals surface area contributed by atoms with Crippen molar-refractivity contribution < 1.29 is 8.78 Å². The number of alkyl halides is 2. The monoisotopic (exact) mass is 189 g/mol. The number of pyridine rings is 1. The average Bonchev–Trinajstić information content (AvgIpc) is 2.05. The lowest BCUT2D eigenvalue weighted by atomic mass is 10.2. The first-order valence-electron chi connectivity index (χ1n) is 3.21. The summed E-state index contributed by atoms with van der Waals surface area (Å²) in [6.45, 7) is 3.41. The molecule has 0 aliphatic rings. The molecule has 1 aromatic heterocycles. The number of hydrogen-bond donors (Lipinski definition) is 0. The number of aromatic nitrogens is 1. The summed E-state index contributed by atoms with van der Waals surface area (Å²) in [6, 6.07) is 1.22. The molecule has 64 valence electrons. The van der Waals surface area contributed by atoms with E-state index in [-0.39, 0.29) is 10.6 Å². The molecule has 0 aliphatic carbocycles. The van der Waals surface area contributed by atoms with E-state index in [1.165, 1.54) is 18.3 Å². The molecule has 0 saturated carbocycles. The van der Waals surface area contributed by atoms with Crippen molar-refractivity contribution in [3.8, 4) is 0 Å². The van der Waals surface area contributed by atoms with E-state index >= 15 is 0 Å². The second-order valence-corrected chi connectivity index (χ2v) is 2.54. The van der Waals surface area contributed by atoms with Gasteiger partial charge in [-0.3, -0.25) is 4.98 Å². The summed E-state index contributed by atoms with van der Waals surface area (Å²) in [4.78, 5) is 3.76. The van der Waals surface area contributed by atoms with Crippen LogP contribution in [0.15, 0.2) is 18.8 Å². The Labute approximate surface area is 73.7 Å². The fraction of sp³-hybridized carbons (Fsp3) is 0.125. The lowest BCUT2D eigenvalue weighted by Crippen LogP contribution is -1.89. The fourth-order valence-corrected chi connectivity index (χ4v) is 0.936. The predicted octanol–water partition coefficient (Wildman–Crippen LogP) is 3.32. The van der Waals surface area contributed by atoms with Crippen LogP contribution in [0.25, 0.3) is 6.08 Å². The Bertz CT molecular complexity index is 299. The highest BCUT2D eigenvalue weighted by Crippen LogP contribution is 2.26. The molecule has 1 nitrogen and oxygen atoms in total. The van der Waals surface area contributed by atoms with Gasteiger partial charge in [-0.25, -0.2) is 8.78 Å². The Morgan fingerprint density at radius 1 is 1.58 bits per heavy atom. The number of hydrogen-bond acceptors (Lipinski definition) is 1. The number of nitrogens with zero attached hydrogens (tertiary/aromatic N) is 1. The maximum atomic E-state index is 12.2. The van der Waals surface area contributed by atoms with E-state index in [4.69, 9.17) is 11.6 Å². The van der Waals surface area contributed by atoms with Crippen LogP contribution in [0.1, 0.15) is 17.7 Å². The van der Waals surface area contributed by atoms with Crippen LogP contribution >= 0.6 is 11.6 Å². The van der Waals surface area contributed by atoms with Crippen molar-refractivity contribution in [2.24, 2.45) is 0 Å². The van der Waals surface area contributed by atoms with Gasteiger partial charge in [0.2, 0.25) is 0 Å². The van der Waals surface area contributed by atoms with Gasteiger partial charge in [0.15, 0.2) is 0 Å². The minimum absolute atomic E-state index is 0.0180. The summed E-state index contributed by atoms with van der Waals surface area (Å²) in [6.07, 6.45) is 0.0154. The summed E-state index contributed by atoms with van der Waals surface area (Å²) in [5.41, 5.74) is 0.191. The summed E-state index contributed by atoms with van der Waals surface area (Å²) in [7, 11) is 0. The van der Waals surface area contributed by atoms with Gasteiger partial charge in [-0.1, -0.05) is 18.2 Å². The summed E-state index contributed by atoms with van der Waals surface area (Å²) >= 11 is 5.47. The molecular formula is C8H6ClF2N. The Kier molecular flexibility index (Phi) is 2.76. The Morgan fingerprint density at radius 3 is 2.75 bits per heavy atom. The standard InChI is InChI=1S/C8H6ClF2N/c1-2-5-3-6(8(10)11)7(9)4-12-5/h2-4,8H,1H2. The second kappa shape index (κ2) is 3.63. The molecule has 1 rings (SSSR count). The third-order valence-corrected chi connectivity index (χ3v) is 1.67. The molecule has 0 amide bonds. The van der Waals surface area contributed by atoms with Crippen LogP contribution in [0, 0.1) is 0 Å². The topological polar surface area (TPSA) is 12.9 Å². The fourth-order valence-electron chi connectivity index (χ4n) is 0.750. The Hall–Kier alpha value is -0.960. The van der Waals surface area contributed by atoms with Crippen molar-refractivity contribution in [1.82, 2.24) is 4.98 Å². The molecule has 0 saturated heterocycles. The van der Waals surface area contributed by atoms with Gasteiger partial charge in [0.25, 0.3) is 6.43 Å². The van der Waals surface area contributed by atoms with E-state index in [1.54, 1.807) is 0 Å². The first-order chi connectivity index (χ1) is 5.65. The molecule has 0 aliphatic heterocycles. The SMILES string of the molecule is C=Cc1cc(C(F)F)c(Cl)cn1. The average molecular weight is 190 g/mol. The maximum absolute atomic E-state index is 12.2. The molecule has 0 N–H and O–H groups in total. The van der Waals surface area contributed by atoms with Crippen molar-refractivity contribution in [1.29, 1.82) is 0 Å². The minimum atomic E-state index is -2.57. The van der Waals surface area contributed by atoms with E-state index in [0.717, 1.165) is 0 Å². The van der Waals surface area contributed by atoms with Crippen LogP contribution in [0.4, 0.5) is 8.78 Å². The van der Waals surface area contributed by atoms with Gasteiger partial charge in [0, 0.05) is 11.8 Å². The highest BCUT2D eigenvalue weighted by atomic mass is 35.5. The highest BCUT2D eigenvalue weighted by Gasteiger charge is 2.11. The van der Waals surface area contributed by atoms with E-state index < -0.39 is 6.43 Å². The minimum Gasteiger partial charge on any atom is -0.255 e. The van der Waals surface area contributed by atoms with Gasteiger partial charge in [0.1, 0.15) is 0 Å². The van der Waals surface area contributed by atoms with E-state index in [1.807, 2.05) is 0 Å². The van der Waals surface area contributed by atoms with Crippen LogP contribution in [0.2, 0.25) is 5.02 Å². The van der Waals surface area contributed by atoms with E-state index in [9.17, 15) is 8.78 Å². The molecular weight excluding hydrogens is 184 g/mol. The van der Waals surface area contributed by atoms with Crippen LogP contribution in [-0.2, 0) is 0 Å². The first kappa shape index (κ1) is 9.13. The van der Waals surface area contributed by atoms with Gasteiger partial charge < -0.3 is 0 Å². The van der Waals surface area contributed by atoms with E-state index in [0.29, 0.717) is 5.69 Å². The van der Waals surface area contributed by atoms with Gasteiger partial charge >= 0.3 is 0 Å². The van der Waals surface area contributed by atoms with Crippen molar-refractivity contribution in [3.63, 3.8) is 0 Å². The zero-order valence-electron chi connectivity index (χ0n) is 6.10. The molecule has 0 radical (unpaired) electrons. The van der Waals surface area contributed by atoms with Gasteiger partial charge in [-0.2, -0.15) is 0 Å². The summed E-state index contributed by atoms with van der Waals surface area (Å²) < 4.78 is 24.4.